The van der Waals surface area contributed by atoms with E-state index in [9.17, 15) is 8.42 Å². The molecule has 0 aliphatic carbocycles. The monoisotopic (exact) mass is 180 g/mol. The minimum absolute atomic E-state index is 0.307. The predicted molar refractivity (Wildman–Crippen MR) is 41.6 cm³/mol. The molecule has 1 aliphatic heterocycles. The van der Waals surface area contributed by atoms with Gasteiger partial charge in [-0.1, -0.05) is 0 Å². The third-order valence-electron chi connectivity index (χ3n) is 1.97. The number of sulfone groups is 1. The topological polar surface area (TPSA) is 78.4 Å². The Morgan fingerprint density at radius 1 is 1.55 bits per heavy atom. The quantitative estimate of drug-likeness (QED) is 0.485. The maximum Gasteiger partial charge on any atom is 0.156 e. The van der Waals surface area contributed by atoms with Crippen LogP contribution in [0.5, 0.6) is 0 Å². The summed E-state index contributed by atoms with van der Waals surface area (Å²) in [6.45, 7) is 1.82. The molecule has 1 unspecified atom stereocenters. The second-order valence-corrected chi connectivity index (χ2v) is 5.27. The lowest BCUT2D eigenvalue weighted by molar-refractivity contribution is -0.697. The summed E-state index contributed by atoms with van der Waals surface area (Å²) in [5, 5.41) is 2.09. The molecule has 1 saturated heterocycles. The van der Waals surface area contributed by atoms with Crippen molar-refractivity contribution in [2.24, 2.45) is 0 Å². The zero-order chi connectivity index (χ0) is 8.32. The summed E-state index contributed by atoms with van der Waals surface area (Å²) in [6, 6.07) is 0.307. The second-order valence-electron chi connectivity index (χ2n) is 3.04. The number of nitrogens with two attached hydrogens (primary N) is 1. The van der Waals surface area contributed by atoms with Crippen LogP contribution in [0.4, 0.5) is 0 Å². The molecule has 0 aromatic heterocycles. The third-order valence-corrected chi connectivity index (χ3v) is 3.77. The standard InChI is InChI=1S/C6H14N2O2S/c7-2-3-8-6-1-4-11(9,10)5-6/h6,8H,1-5,7H2/p+2. The van der Waals surface area contributed by atoms with E-state index in [-0.39, 0.29) is 0 Å². The van der Waals surface area contributed by atoms with Gasteiger partial charge < -0.3 is 11.1 Å². The highest BCUT2D eigenvalue weighted by atomic mass is 32.2. The van der Waals surface area contributed by atoms with E-state index in [1.165, 1.54) is 0 Å². The fraction of sp³-hybridized carbons (Fsp3) is 1.00. The van der Waals surface area contributed by atoms with Crippen LogP contribution in [0.15, 0.2) is 0 Å². The van der Waals surface area contributed by atoms with Crippen LogP contribution in [0.2, 0.25) is 0 Å². The summed E-state index contributed by atoms with van der Waals surface area (Å²) < 4.78 is 21.9. The van der Waals surface area contributed by atoms with E-state index >= 15 is 0 Å². The lowest BCUT2D eigenvalue weighted by Gasteiger charge is -2.03. The maximum atomic E-state index is 11.0. The zero-order valence-electron chi connectivity index (χ0n) is 6.62. The van der Waals surface area contributed by atoms with Crippen LogP contribution in [0.3, 0.4) is 0 Å². The van der Waals surface area contributed by atoms with Crippen LogP contribution in [-0.2, 0) is 9.84 Å². The predicted octanol–water partition coefficient (Wildman–Crippen LogP) is -3.02. The average molecular weight is 180 g/mol. The number of hydrogen-bond acceptors (Lipinski definition) is 2. The Bertz CT molecular complexity index is 213. The highest BCUT2D eigenvalue weighted by Gasteiger charge is 2.29. The smallest absolute Gasteiger partial charge is 0.156 e. The van der Waals surface area contributed by atoms with Crippen LogP contribution < -0.4 is 11.1 Å². The molecule has 0 aromatic rings. The van der Waals surface area contributed by atoms with Gasteiger partial charge in [-0.25, -0.2) is 8.42 Å². The molecule has 0 amide bonds. The van der Waals surface area contributed by atoms with E-state index in [0.717, 1.165) is 19.5 Å². The van der Waals surface area contributed by atoms with Gasteiger partial charge in [0.25, 0.3) is 0 Å². The van der Waals surface area contributed by atoms with Crippen molar-refractivity contribution >= 4 is 9.84 Å². The van der Waals surface area contributed by atoms with Gasteiger partial charge in [-0.2, -0.15) is 0 Å². The molecule has 0 radical (unpaired) electrons. The molecule has 5 heteroatoms. The lowest BCUT2D eigenvalue weighted by Crippen LogP contribution is -2.93. The summed E-state index contributed by atoms with van der Waals surface area (Å²) in [5.74, 6) is 0.748. The highest BCUT2D eigenvalue weighted by Crippen LogP contribution is 2.07. The van der Waals surface area contributed by atoms with Gasteiger partial charge in [-0.05, 0) is 0 Å². The normalized spacial score (nSPS) is 29.0. The number of quaternary nitrogens is 2. The van der Waals surface area contributed by atoms with Crippen molar-refractivity contribution in [2.45, 2.75) is 12.5 Å². The van der Waals surface area contributed by atoms with Gasteiger partial charge in [-0.15, -0.1) is 0 Å². The highest BCUT2D eigenvalue weighted by molar-refractivity contribution is 7.91. The van der Waals surface area contributed by atoms with Crippen molar-refractivity contribution in [3.05, 3.63) is 0 Å². The van der Waals surface area contributed by atoms with Gasteiger partial charge in [-0.3, -0.25) is 0 Å². The molecule has 0 saturated carbocycles. The average Bonchev–Trinajstić information content (AvgIpc) is 2.26. The van der Waals surface area contributed by atoms with Gasteiger partial charge in [0.2, 0.25) is 0 Å². The summed E-state index contributed by atoms with van der Waals surface area (Å²) >= 11 is 0. The number of rotatable bonds is 3. The van der Waals surface area contributed by atoms with E-state index < -0.39 is 9.84 Å². The fourth-order valence-corrected chi connectivity index (χ4v) is 3.15. The van der Waals surface area contributed by atoms with Crippen molar-refractivity contribution in [1.82, 2.24) is 0 Å². The molecule has 11 heavy (non-hydrogen) atoms. The Morgan fingerprint density at radius 2 is 2.27 bits per heavy atom. The Labute approximate surface area is 67.1 Å². The summed E-state index contributed by atoms with van der Waals surface area (Å²) in [4.78, 5) is 0. The molecule has 1 heterocycles. The van der Waals surface area contributed by atoms with Gasteiger partial charge >= 0.3 is 0 Å². The van der Waals surface area contributed by atoms with Crippen LogP contribution >= 0.6 is 0 Å². The van der Waals surface area contributed by atoms with Crippen molar-refractivity contribution < 1.29 is 19.5 Å². The van der Waals surface area contributed by atoms with Crippen LogP contribution in [-0.4, -0.2) is 39.1 Å². The molecule has 5 N–H and O–H groups in total. The minimum atomic E-state index is -2.68. The number of hydrogen-bond donors (Lipinski definition) is 2. The first-order valence-corrected chi connectivity index (χ1v) is 5.79. The zero-order valence-corrected chi connectivity index (χ0v) is 7.44. The van der Waals surface area contributed by atoms with Crippen molar-refractivity contribution in [2.75, 3.05) is 24.6 Å². The van der Waals surface area contributed by atoms with Crippen LogP contribution in [0.25, 0.3) is 0 Å². The van der Waals surface area contributed by atoms with Gasteiger partial charge in [0.1, 0.15) is 24.9 Å². The van der Waals surface area contributed by atoms with Crippen molar-refractivity contribution in [3.63, 3.8) is 0 Å². The molecule has 1 fully saturated rings. The molecule has 0 bridgehead atoms. The molecule has 66 valence electrons. The lowest BCUT2D eigenvalue weighted by atomic mass is 10.3. The van der Waals surface area contributed by atoms with Crippen LogP contribution in [0.1, 0.15) is 6.42 Å². The Balaban J connectivity index is 2.31. The first kappa shape index (κ1) is 8.96. The maximum absolute atomic E-state index is 11.0. The van der Waals surface area contributed by atoms with E-state index in [4.69, 9.17) is 0 Å². The first-order chi connectivity index (χ1) is 5.14. The summed E-state index contributed by atoms with van der Waals surface area (Å²) in [7, 11) is -2.68. The molecule has 1 atom stereocenters. The van der Waals surface area contributed by atoms with Gasteiger partial charge in [0.05, 0.1) is 5.75 Å². The van der Waals surface area contributed by atoms with E-state index in [1.807, 2.05) is 0 Å². The molecule has 0 aromatic carbocycles. The van der Waals surface area contributed by atoms with E-state index in [0.29, 0.717) is 17.5 Å². The Kier molecular flexibility index (Phi) is 2.86. The largest absolute Gasteiger partial charge is 0.353 e. The molecule has 1 aliphatic rings. The minimum Gasteiger partial charge on any atom is -0.353 e. The fourth-order valence-electron chi connectivity index (χ4n) is 1.36. The molecule has 1 rings (SSSR count). The van der Waals surface area contributed by atoms with E-state index in [2.05, 4.69) is 11.1 Å². The molecule has 0 spiro atoms. The third kappa shape index (κ3) is 2.76. The van der Waals surface area contributed by atoms with Gasteiger partial charge in [0, 0.05) is 6.42 Å². The Hall–Kier alpha value is -0.130. The second kappa shape index (κ2) is 3.51. The van der Waals surface area contributed by atoms with Gasteiger partial charge in [0.15, 0.2) is 9.84 Å². The van der Waals surface area contributed by atoms with Crippen molar-refractivity contribution in [3.8, 4) is 0 Å². The Morgan fingerprint density at radius 3 is 2.73 bits per heavy atom. The van der Waals surface area contributed by atoms with Crippen LogP contribution in [0, 0.1) is 0 Å². The SMILES string of the molecule is [NH3+]CC[NH2+]C1CCS(=O)(=O)C1. The van der Waals surface area contributed by atoms with E-state index in [1.54, 1.807) is 0 Å². The summed E-state index contributed by atoms with van der Waals surface area (Å²) in [6.07, 6.45) is 0.822. The molecular formula is C6H16N2O2S+2. The summed E-state index contributed by atoms with van der Waals surface area (Å²) in [5.41, 5.74) is 3.70. The van der Waals surface area contributed by atoms with Crippen molar-refractivity contribution in [1.29, 1.82) is 0 Å². The first-order valence-electron chi connectivity index (χ1n) is 3.97. The molecule has 4 nitrogen and oxygen atoms in total. The molecular weight excluding hydrogens is 164 g/mol.